The molecule has 33 heavy (non-hydrogen) atoms. The number of pyridine rings is 1. The number of nitrogens with zero attached hydrogens (tertiary/aromatic N) is 1. The Morgan fingerprint density at radius 2 is 1.82 bits per heavy atom. The number of hydrogen-bond acceptors (Lipinski definition) is 3. The second-order valence-corrected chi connectivity index (χ2v) is 8.90. The first kappa shape index (κ1) is 22.5. The molecule has 2 aromatic carbocycles. The topological polar surface area (TPSA) is 82.3 Å². The van der Waals surface area contributed by atoms with Crippen LogP contribution in [0.4, 0.5) is 0 Å². The fourth-order valence-electron chi connectivity index (χ4n) is 4.43. The summed E-state index contributed by atoms with van der Waals surface area (Å²) in [4.78, 5) is 42.1. The maximum Gasteiger partial charge on any atom is 0.254 e. The highest BCUT2D eigenvalue weighted by Crippen LogP contribution is 2.29. The Labute approximate surface area is 193 Å². The van der Waals surface area contributed by atoms with Gasteiger partial charge in [0.1, 0.15) is 0 Å². The normalized spacial score (nSPS) is 15.1. The molecule has 1 aliphatic rings. The zero-order valence-corrected chi connectivity index (χ0v) is 19.3. The van der Waals surface area contributed by atoms with Crippen molar-refractivity contribution in [2.45, 2.75) is 39.7 Å². The number of aryl methyl sites for hydroxylation is 3. The predicted octanol–water partition coefficient (Wildman–Crippen LogP) is 3.40. The molecule has 0 radical (unpaired) electrons. The molecule has 6 heteroatoms. The van der Waals surface area contributed by atoms with E-state index in [1.165, 1.54) is 17.2 Å². The summed E-state index contributed by atoms with van der Waals surface area (Å²) in [5, 5.41) is 3.06. The Morgan fingerprint density at radius 3 is 2.58 bits per heavy atom. The van der Waals surface area contributed by atoms with Crippen molar-refractivity contribution in [3.8, 4) is 0 Å². The van der Waals surface area contributed by atoms with Crippen LogP contribution in [0.3, 0.4) is 0 Å². The number of carbonyl (C=O) groups excluding carboxylic acids is 2. The van der Waals surface area contributed by atoms with E-state index in [0.29, 0.717) is 37.3 Å². The van der Waals surface area contributed by atoms with Crippen LogP contribution in [0.1, 0.15) is 49.8 Å². The fourth-order valence-corrected chi connectivity index (χ4v) is 4.43. The number of aromatic nitrogens is 1. The Morgan fingerprint density at radius 1 is 1.03 bits per heavy atom. The summed E-state index contributed by atoms with van der Waals surface area (Å²) < 4.78 is 0. The van der Waals surface area contributed by atoms with Gasteiger partial charge < -0.3 is 15.2 Å². The third-order valence-corrected chi connectivity index (χ3v) is 6.29. The third kappa shape index (κ3) is 5.22. The summed E-state index contributed by atoms with van der Waals surface area (Å²) in [5.74, 6) is -0.236. The number of H-pyrrole nitrogens is 1. The number of carbonyl (C=O) groups is 2. The van der Waals surface area contributed by atoms with Crippen LogP contribution in [0, 0.1) is 20.8 Å². The van der Waals surface area contributed by atoms with Crippen molar-refractivity contribution in [2.24, 2.45) is 0 Å². The van der Waals surface area contributed by atoms with Gasteiger partial charge in [-0.05, 0) is 54.7 Å². The second-order valence-electron chi connectivity index (χ2n) is 8.90. The van der Waals surface area contributed by atoms with E-state index in [4.69, 9.17) is 0 Å². The van der Waals surface area contributed by atoms with E-state index < -0.39 is 0 Å². The Kier molecular flexibility index (Phi) is 6.45. The molecule has 2 heterocycles. The maximum atomic E-state index is 13.2. The van der Waals surface area contributed by atoms with E-state index in [2.05, 4.69) is 29.4 Å². The summed E-state index contributed by atoms with van der Waals surface area (Å²) in [5.41, 5.74) is 6.32. The number of rotatable bonds is 5. The summed E-state index contributed by atoms with van der Waals surface area (Å²) in [6.45, 7) is 7.26. The van der Waals surface area contributed by atoms with E-state index in [9.17, 15) is 14.4 Å². The van der Waals surface area contributed by atoms with E-state index in [1.807, 2.05) is 37.3 Å². The van der Waals surface area contributed by atoms with Crippen molar-refractivity contribution in [2.75, 3.05) is 13.1 Å². The third-order valence-electron chi connectivity index (χ3n) is 6.29. The van der Waals surface area contributed by atoms with Gasteiger partial charge in [0.05, 0.1) is 6.42 Å². The van der Waals surface area contributed by atoms with Gasteiger partial charge in [-0.15, -0.1) is 0 Å². The Bertz CT molecular complexity index is 1260. The van der Waals surface area contributed by atoms with Gasteiger partial charge in [0.2, 0.25) is 11.5 Å². The summed E-state index contributed by atoms with van der Waals surface area (Å²) in [6.07, 6.45) is 0.324. The molecular weight excluding hydrogens is 414 g/mol. The molecule has 0 bridgehead atoms. The highest BCUT2D eigenvalue weighted by atomic mass is 16.2. The minimum Gasteiger partial charge on any atom is -0.355 e. The molecule has 0 spiro atoms. The highest BCUT2D eigenvalue weighted by molar-refractivity contribution is 5.94. The van der Waals surface area contributed by atoms with Crippen molar-refractivity contribution in [3.63, 3.8) is 0 Å². The van der Waals surface area contributed by atoms with Crippen molar-refractivity contribution in [1.29, 1.82) is 0 Å². The van der Waals surface area contributed by atoms with Gasteiger partial charge in [-0.25, -0.2) is 0 Å². The van der Waals surface area contributed by atoms with E-state index in [0.717, 1.165) is 16.7 Å². The zero-order valence-electron chi connectivity index (χ0n) is 19.3. The van der Waals surface area contributed by atoms with Crippen LogP contribution in [-0.2, 0) is 17.8 Å². The van der Waals surface area contributed by atoms with Gasteiger partial charge in [-0.2, -0.15) is 0 Å². The van der Waals surface area contributed by atoms with Crippen LogP contribution in [0.15, 0.2) is 59.4 Å². The van der Waals surface area contributed by atoms with Crippen LogP contribution in [-0.4, -0.2) is 34.8 Å². The molecule has 0 fully saturated rings. The second kappa shape index (κ2) is 9.45. The molecule has 4 rings (SSSR count). The van der Waals surface area contributed by atoms with E-state index in [1.54, 1.807) is 17.9 Å². The largest absolute Gasteiger partial charge is 0.355 e. The Hall–Kier alpha value is -3.67. The summed E-state index contributed by atoms with van der Waals surface area (Å²) in [7, 11) is 0. The van der Waals surface area contributed by atoms with Crippen molar-refractivity contribution >= 4 is 11.8 Å². The molecule has 1 aliphatic heterocycles. The van der Waals surface area contributed by atoms with E-state index in [-0.39, 0.29) is 23.3 Å². The van der Waals surface area contributed by atoms with Gasteiger partial charge >= 0.3 is 0 Å². The fraction of sp³-hybridized carbons (Fsp3) is 0.296. The van der Waals surface area contributed by atoms with E-state index >= 15 is 0 Å². The lowest BCUT2D eigenvalue weighted by atomic mass is 9.89. The van der Waals surface area contributed by atoms with Crippen LogP contribution >= 0.6 is 0 Å². The number of benzene rings is 2. The monoisotopic (exact) mass is 443 g/mol. The zero-order chi connectivity index (χ0) is 23.5. The van der Waals surface area contributed by atoms with Gasteiger partial charge in [0, 0.05) is 42.9 Å². The lowest BCUT2D eigenvalue weighted by Crippen LogP contribution is -2.42. The van der Waals surface area contributed by atoms with Crippen molar-refractivity contribution in [1.82, 2.24) is 15.2 Å². The summed E-state index contributed by atoms with van der Waals surface area (Å²) >= 11 is 0. The molecule has 0 saturated carbocycles. The first-order valence-electron chi connectivity index (χ1n) is 11.2. The van der Waals surface area contributed by atoms with Gasteiger partial charge in [0.25, 0.3) is 5.91 Å². The van der Waals surface area contributed by atoms with Crippen molar-refractivity contribution < 1.29 is 9.59 Å². The standard InChI is InChI=1S/C27H29N3O3/c1-17-8-9-20(10-18(17)2)12-25(31)28-14-23-16-30(15-21-6-4-5-7-24(21)23)27(33)22-11-19(3)29-26(32)13-22/h4-11,13,23H,12,14-16H2,1-3H3,(H,28,31)(H,29,32). The molecule has 0 aliphatic carbocycles. The van der Waals surface area contributed by atoms with Gasteiger partial charge in [-0.1, -0.05) is 42.5 Å². The minimum atomic E-state index is -0.286. The molecule has 3 aromatic rings. The number of hydrogen-bond donors (Lipinski definition) is 2. The number of amides is 2. The van der Waals surface area contributed by atoms with Crippen LogP contribution < -0.4 is 10.9 Å². The van der Waals surface area contributed by atoms with Gasteiger partial charge in [0.15, 0.2) is 0 Å². The Balaban J connectivity index is 1.48. The first-order valence-corrected chi connectivity index (χ1v) is 11.2. The molecule has 6 nitrogen and oxygen atoms in total. The molecule has 2 amide bonds. The maximum absolute atomic E-state index is 13.2. The molecule has 1 unspecified atom stereocenters. The lowest BCUT2D eigenvalue weighted by Gasteiger charge is -2.35. The SMILES string of the molecule is Cc1cc(C(=O)N2Cc3ccccc3C(CNC(=O)Cc3ccc(C)c(C)c3)C2)cc(=O)[nH]1. The van der Waals surface area contributed by atoms with Crippen LogP contribution in [0.25, 0.3) is 0 Å². The van der Waals surface area contributed by atoms with Gasteiger partial charge in [-0.3, -0.25) is 14.4 Å². The molecular formula is C27H29N3O3. The average molecular weight is 444 g/mol. The number of fused-ring (bicyclic) bond motifs is 1. The quantitative estimate of drug-likeness (QED) is 0.634. The molecule has 2 N–H and O–H groups in total. The molecule has 1 aromatic heterocycles. The number of nitrogens with one attached hydrogen (secondary N) is 2. The first-order chi connectivity index (χ1) is 15.8. The predicted molar refractivity (Wildman–Crippen MR) is 128 cm³/mol. The minimum absolute atomic E-state index is 0.0225. The highest BCUT2D eigenvalue weighted by Gasteiger charge is 2.29. The van der Waals surface area contributed by atoms with Crippen molar-refractivity contribution in [3.05, 3.63) is 104 Å². The molecule has 1 atom stereocenters. The van der Waals surface area contributed by atoms with Crippen LogP contribution in [0.2, 0.25) is 0 Å². The van der Waals surface area contributed by atoms with Crippen LogP contribution in [0.5, 0.6) is 0 Å². The molecule has 0 saturated heterocycles. The summed E-state index contributed by atoms with van der Waals surface area (Å²) in [6, 6.07) is 17.1. The lowest BCUT2D eigenvalue weighted by molar-refractivity contribution is -0.120. The average Bonchev–Trinajstić information content (AvgIpc) is 2.78. The number of aromatic amines is 1. The molecule has 170 valence electrons. The smallest absolute Gasteiger partial charge is 0.254 e.